The number of carboxylic acids is 1. The molecule has 3 rings (SSSR count). The van der Waals surface area contributed by atoms with E-state index in [-0.39, 0.29) is 11.5 Å². The first-order chi connectivity index (χ1) is 14.7. The van der Waals surface area contributed by atoms with Gasteiger partial charge in [-0.2, -0.15) is 5.10 Å². The number of carboxylic acid groups (broad SMARTS) is 1. The van der Waals surface area contributed by atoms with Crippen molar-refractivity contribution < 1.29 is 14.7 Å². The molecule has 162 valence electrons. The summed E-state index contributed by atoms with van der Waals surface area (Å²) >= 11 is 3.36. The highest BCUT2D eigenvalue weighted by molar-refractivity contribution is 9.10. The average Bonchev–Trinajstić information content (AvgIpc) is 2.97. The largest absolute Gasteiger partial charge is 0.478 e. The minimum Gasteiger partial charge on any atom is -0.478 e. The van der Waals surface area contributed by atoms with E-state index in [9.17, 15) is 14.7 Å². The molecule has 1 heterocycles. The van der Waals surface area contributed by atoms with Crippen LogP contribution in [0.15, 0.2) is 46.9 Å². The highest BCUT2D eigenvalue weighted by Gasteiger charge is 2.16. The first-order valence-corrected chi connectivity index (χ1v) is 10.6. The molecule has 8 heteroatoms. The molecule has 2 aromatic carbocycles. The molecule has 7 nitrogen and oxygen atoms in total. The number of nitrogens with one attached hydrogen (secondary N) is 1. The quantitative estimate of drug-likeness (QED) is 0.517. The third kappa shape index (κ3) is 5.14. The number of hydrogen-bond acceptors (Lipinski definition) is 4. The molecular weight excluding hydrogens is 460 g/mol. The number of benzene rings is 2. The highest BCUT2D eigenvalue weighted by Crippen LogP contribution is 2.28. The number of rotatable bonds is 7. The number of carbonyl (C=O) groups is 2. The molecule has 0 aliphatic rings. The van der Waals surface area contributed by atoms with Gasteiger partial charge in [0.2, 0.25) is 0 Å². The molecule has 0 aliphatic heterocycles. The number of nitrogens with zero attached hydrogens (tertiary/aromatic N) is 3. The van der Waals surface area contributed by atoms with Gasteiger partial charge in [-0.1, -0.05) is 15.9 Å². The van der Waals surface area contributed by atoms with Crippen LogP contribution in [0.2, 0.25) is 0 Å². The van der Waals surface area contributed by atoms with Crippen LogP contribution in [0.1, 0.15) is 37.7 Å². The van der Waals surface area contributed by atoms with Crippen molar-refractivity contribution in [3.05, 3.63) is 75.0 Å². The molecule has 1 aromatic heterocycles. The summed E-state index contributed by atoms with van der Waals surface area (Å²) in [5, 5.41) is 16.7. The normalized spacial score (nSPS) is 10.7. The number of hydrogen-bond donors (Lipinski definition) is 2. The van der Waals surface area contributed by atoms with Crippen molar-refractivity contribution in [1.82, 2.24) is 9.78 Å². The van der Waals surface area contributed by atoms with E-state index in [1.165, 1.54) is 11.6 Å². The molecule has 3 aromatic rings. The molecule has 1 amide bonds. The van der Waals surface area contributed by atoms with Crippen LogP contribution in [0, 0.1) is 13.8 Å². The third-order valence-corrected chi connectivity index (χ3v) is 5.89. The van der Waals surface area contributed by atoms with Crippen LogP contribution < -0.4 is 10.2 Å². The summed E-state index contributed by atoms with van der Waals surface area (Å²) in [4.78, 5) is 26.2. The monoisotopic (exact) mass is 484 g/mol. The fourth-order valence-corrected chi connectivity index (χ4v) is 3.74. The van der Waals surface area contributed by atoms with Crippen LogP contribution in [0.25, 0.3) is 0 Å². The van der Waals surface area contributed by atoms with Crippen LogP contribution in [-0.2, 0) is 13.5 Å². The summed E-state index contributed by atoms with van der Waals surface area (Å²) < 4.78 is 2.74. The molecule has 0 saturated heterocycles. The Labute approximate surface area is 189 Å². The van der Waals surface area contributed by atoms with E-state index >= 15 is 0 Å². The van der Waals surface area contributed by atoms with Gasteiger partial charge in [-0.15, -0.1) is 0 Å². The van der Waals surface area contributed by atoms with E-state index in [1.54, 1.807) is 36.4 Å². The van der Waals surface area contributed by atoms with Gasteiger partial charge in [0, 0.05) is 36.4 Å². The number of aryl methyl sites for hydroxylation is 2. The molecule has 31 heavy (non-hydrogen) atoms. The predicted octanol–water partition coefficient (Wildman–Crippen LogP) is 4.43. The van der Waals surface area contributed by atoms with Gasteiger partial charge in [0.1, 0.15) is 0 Å². The Hall–Kier alpha value is -3.13. The average molecular weight is 485 g/mol. The summed E-state index contributed by atoms with van der Waals surface area (Å²) in [5.41, 5.74) is 5.11. The van der Waals surface area contributed by atoms with Crippen LogP contribution in [0.5, 0.6) is 0 Å². The Morgan fingerprint density at radius 1 is 1.13 bits per heavy atom. The number of amides is 1. The summed E-state index contributed by atoms with van der Waals surface area (Å²) in [5.74, 6) is -1.35. The molecule has 0 spiro atoms. The minimum absolute atomic E-state index is 0.113. The van der Waals surface area contributed by atoms with Crippen molar-refractivity contribution in [2.75, 3.05) is 23.8 Å². The smallest absolute Gasteiger partial charge is 0.335 e. The van der Waals surface area contributed by atoms with E-state index < -0.39 is 5.97 Å². The van der Waals surface area contributed by atoms with Crippen LogP contribution in [0.4, 0.5) is 11.4 Å². The van der Waals surface area contributed by atoms with Crippen LogP contribution in [-0.4, -0.2) is 40.4 Å². The second-order valence-electron chi connectivity index (χ2n) is 7.44. The lowest BCUT2D eigenvalue weighted by atomic mass is 10.1. The molecule has 0 aliphatic carbocycles. The van der Waals surface area contributed by atoms with E-state index in [0.717, 1.165) is 28.0 Å². The lowest BCUT2D eigenvalue weighted by Crippen LogP contribution is -2.23. The van der Waals surface area contributed by atoms with Gasteiger partial charge in [0.25, 0.3) is 5.91 Å². The Kier molecular flexibility index (Phi) is 6.80. The highest BCUT2D eigenvalue weighted by atomic mass is 79.9. The Morgan fingerprint density at radius 2 is 1.77 bits per heavy atom. The van der Waals surface area contributed by atoms with Crippen molar-refractivity contribution in [2.45, 2.75) is 20.3 Å². The fraction of sp³-hybridized carbons (Fsp3) is 0.261. The molecule has 0 saturated carbocycles. The van der Waals surface area contributed by atoms with Gasteiger partial charge in [0.05, 0.1) is 22.6 Å². The van der Waals surface area contributed by atoms with Gasteiger partial charge < -0.3 is 15.3 Å². The Balaban J connectivity index is 1.85. The lowest BCUT2D eigenvalue weighted by molar-refractivity contribution is 0.0696. The van der Waals surface area contributed by atoms with Crippen LogP contribution in [0.3, 0.4) is 0 Å². The van der Waals surface area contributed by atoms with E-state index in [2.05, 4.69) is 26.3 Å². The maximum Gasteiger partial charge on any atom is 0.335 e. The number of likely N-dealkylation sites (N-methyl/N-ethyl adjacent to an activating group) is 1. The Morgan fingerprint density at radius 3 is 2.35 bits per heavy atom. The second kappa shape index (κ2) is 9.34. The molecule has 0 atom stereocenters. The number of halogens is 1. The van der Waals surface area contributed by atoms with Crippen molar-refractivity contribution in [3.63, 3.8) is 0 Å². The zero-order valence-electron chi connectivity index (χ0n) is 17.9. The molecule has 0 fully saturated rings. The first-order valence-electron chi connectivity index (χ1n) is 9.82. The zero-order valence-corrected chi connectivity index (χ0v) is 19.5. The maximum absolute atomic E-state index is 12.7. The van der Waals surface area contributed by atoms with E-state index in [0.29, 0.717) is 17.8 Å². The summed E-state index contributed by atoms with van der Waals surface area (Å²) in [6, 6.07) is 11.7. The number of carbonyl (C=O) groups excluding carboxylic acids is 1. The van der Waals surface area contributed by atoms with E-state index in [1.807, 2.05) is 37.5 Å². The molecule has 0 radical (unpaired) electrons. The molecule has 0 bridgehead atoms. The van der Waals surface area contributed by atoms with Crippen molar-refractivity contribution in [1.29, 1.82) is 0 Å². The topological polar surface area (TPSA) is 87.5 Å². The van der Waals surface area contributed by atoms with Crippen LogP contribution >= 0.6 is 15.9 Å². The minimum atomic E-state index is -1.05. The SMILES string of the molecule is Cc1nn(C)c(C)c1CCN(C)c1ccc(C(=O)O)cc1NC(=O)c1ccc(Br)cc1. The van der Waals surface area contributed by atoms with Gasteiger partial charge >= 0.3 is 5.97 Å². The van der Waals surface area contributed by atoms with Crippen molar-refractivity contribution in [2.24, 2.45) is 7.05 Å². The number of anilines is 2. The first kappa shape index (κ1) is 22.6. The number of aromatic nitrogens is 2. The molecule has 0 unspecified atom stereocenters. The molecular formula is C23H25BrN4O3. The van der Waals surface area contributed by atoms with Crippen molar-refractivity contribution >= 4 is 39.2 Å². The van der Waals surface area contributed by atoms with Gasteiger partial charge in [-0.25, -0.2) is 4.79 Å². The van der Waals surface area contributed by atoms with Gasteiger partial charge in [0.15, 0.2) is 0 Å². The van der Waals surface area contributed by atoms with E-state index in [4.69, 9.17) is 0 Å². The van der Waals surface area contributed by atoms with Gasteiger partial charge in [-0.05, 0) is 68.3 Å². The standard InChI is InChI=1S/C23H25BrN4O3/c1-14-19(15(2)28(4)26-14)11-12-27(3)21-10-7-17(23(30)31)13-20(21)25-22(29)16-5-8-18(24)9-6-16/h5-10,13H,11-12H2,1-4H3,(H,25,29)(H,30,31). The summed E-state index contributed by atoms with van der Waals surface area (Å²) in [7, 11) is 3.85. The zero-order chi connectivity index (χ0) is 22.7. The van der Waals surface area contributed by atoms with Gasteiger partial charge in [-0.3, -0.25) is 9.48 Å². The Bertz CT molecular complexity index is 1120. The maximum atomic E-state index is 12.7. The fourth-order valence-electron chi connectivity index (χ4n) is 3.48. The predicted molar refractivity (Wildman–Crippen MR) is 125 cm³/mol. The lowest BCUT2D eigenvalue weighted by Gasteiger charge is -2.23. The second-order valence-corrected chi connectivity index (χ2v) is 8.36. The third-order valence-electron chi connectivity index (χ3n) is 5.37. The van der Waals surface area contributed by atoms with Crippen molar-refractivity contribution in [3.8, 4) is 0 Å². The molecule has 2 N–H and O–H groups in total. The summed E-state index contributed by atoms with van der Waals surface area (Å²) in [6.07, 6.45) is 0.781. The summed E-state index contributed by atoms with van der Waals surface area (Å²) in [6.45, 7) is 4.72. The number of aromatic carboxylic acids is 1.